The second-order valence-corrected chi connectivity index (χ2v) is 3.71. The Labute approximate surface area is 86.3 Å². The van der Waals surface area contributed by atoms with Gasteiger partial charge in [-0.05, 0) is 12.3 Å². The SMILES string of the molecule is CC(C)COCCOCCCC(=N)N. The van der Waals surface area contributed by atoms with Gasteiger partial charge < -0.3 is 15.2 Å². The quantitative estimate of drug-likeness (QED) is 0.337. The van der Waals surface area contributed by atoms with Crippen LogP contribution in [0.5, 0.6) is 0 Å². The maximum atomic E-state index is 6.99. The molecule has 0 bridgehead atoms. The zero-order valence-corrected chi connectivity index (χ0v) is 9.21. The van der Waals surface area contributed by atoms with Crippen LogP contribution in [0.2, 0.25) is 0 Å². The molecule has 0 aromatic rings. The number of hydrogen-bond donors (Lipinski definition) is 2. The fourth-order valence-electron chi connectivity index (χ4n) is 0.904. The third-order valence-corrected chi connectivity index (χ3v) is 1.56. The van der Waals surface area contributed by atoms with Gasteiger partial charge >= 0.3 is 0 Å². The summed E-state index contributed by atoms with van der Waals surface area (Å²) < 4.78 is 10.6. The predicted molar refractivity (Wildman–Crippen MR) is 57.6 cm³/mol. The minimum absolute atomic E-state index is 0.227. The highest BCUT2D eigenvalue weighted by atomic mass is 16.5. The van der Waals surface area contributed by atoms with Gasteiger partial charge in [0.05, 0.1) is 19.0 Å². The molecule has 0 rings (SSSR count). The summed E-state index contributed by atoms with van der Waals surface area (Å²) in [7, 11) is 0. The van der Waals surface area contributed by atoms with E-state index in [0.29, 0.717) is 32.2 Å². The lowest BCUT2D eigenvalue weighted by molar-refractivity contribution is 0.0374. The summed E-state index contributed by atoms with van der Waals surface area (Å²) in [6.45, 7) is 6.96. The molecule has 0 heterocycles. The van der Waals surface area contributed by atoms with E-state index in [1.165, 1.54) is 0 Å². The summed E-state index contributed by atoms with van der Waals surface area (Å²) >= 11 is 0. The highest BCUT2D eigenvalue weighted by molar-refractivity contribution is 5.76. The highest BCUT2D eigenvalue weighted by Gasteiger charge is 1.94. The molecule has 0 radical (unpaired) electrons. The lowest BCUT2D eigenvalue weighted by Gasteiger charge is -2.07. The van der Waals surface area contributed by atoms with Gasteiger partial charge in [0.1, 0.15) is 0 Å². The van der Waals surface area contributed by atoms with E-state index >= 15 is 0 Å². The summed E-state index contributed by atoms with van der Waals surface area (Å²) in [5, 5.41) is 6.99. The van der Waals surface area contributed by atoms with Gasteiger partial charge in [-0.2, -0.15) is 0 Å². The summed E-state index contributed by atoms with van der Waals surface area (Å²) in [4.78, 5) is 0. The van der Waals surface area contributed by atoms with Crippen LogP contribution in [0.3, 0.4) is 0 Å². The molecular formula is C10H22N2O2. The molecule has 0 aromatic heterocycles. The molecule has 0 aromatic carbocycles. The standard InChI is InChI=1S/C10H22N2O2/c1-9(2)8-14-7-6-13-5-3-4-10(11)12/h9H,3-8H2,1-2H3,(H3,11,12). The second-order valence-electron chi connectivity index (χ2n) is 3.71. The Morgan fingerprint density at radius 2 is 1.86 bits per heavy atom. The molecule has 0 atom stereocenters. The number of nitrogens with two attached hydrogens (primary N) is 1. The van der Waals surface area contributed by atoms with E-state index in [1.54, 1.807) is 0 Å². The Morgan fingerprint density at radius 1 is 1.21 bits per heavy atom. The highest BCUT2D eigenvalue weighted by Crippen LogP contribution is 1.93. The average molecular weight is 202 g/mol. The van der Waals surface area contributed by atoms with Crippen molar-refractivity contribution in [3.63, 3.8) is 0 Å². The molecule has 0 aliphatic carbocycles. The molecule has 0 saturated carbocycles. The van der Waals surface area contributed by atoms with Crippen LogP contribution in [-0.4, -0.2) is 32.3 Å². The topological polar surface area (TPSA) is 68.3 Å². The lowest BCUT2D eigenvalue weighted by Crippen LogP contribution is -2.12. The van der Waals surface area contributed by atoms with Crippen LogP contribution < -0.4 is 5.73 Å². The number of rotatable bonds is 9. The molecule has 0 saturated heterocycles. The molecule has 0 aliphatic heterocycles. The van der Waals surface area contributed by atoms with Crippen molar-refractivity contribution in [2.45, 2.75) is 26.7 Å². The van der Waals surface area contributed by atoms with Crippen molar-refractivity contribution in [1.82, 2.24) is 0 Å². The Kier molecular flexibility index (Phi) is 8.57. The van der Waals surface area contributed by atoms with Gasteiger partial charge in [0.2, 0.25) is 0 Å². The average Bonchev–Trinajstić information content (AvgIpc) is 2.08. The Hall–Kier alpha value is -0.610. The van der Waals surface area contributed by atoms with E-state index in [9.17, 15) is 0 Å². The van der Waals surface area contributed by atoms with Crippen molar-refractivity contribution in [1.29, 1.82) is 5.41 Å². The number of nitrogens with one attached hydrogen (secondary N) is 1. The summed E-state index contributed by atoms with van der Waals surface area (Å²) in [5.74, 6) is 0.803. The second kappa shape index (κ2) is 8.97. The first-order valence-electron chi connectivity index (χ1n) is 5.11. The van der Waals surface area contributed by atoms with Crippen molar-refractivity contribution >= 4 is 5.84 Å². The van der Waals surface area contributed by atoms with Crippen molar-refractivity contribution in [3.8, 4) is 0 Å². The molecule has 0 aliphatic rings. The van der Waals surface area contributed by atoms with Crippen LogP contribution in [0.4, 0.5) is 0 Å². The minimum Gasteiger partial charge on any atom is -0.388 e. The lowest BCUT2D eigenvalue weighted by atomic mass is 10.2. The summed E-state index contributed by atoms with van der Waals surface area (Å²) in [6, 6.07) is 0. The van der Waals surface area contributed by atoms with Crippen LogP contribution in [0.25, 0.3) is 0 Å². The zero-order valence-electron chi connectivity index (χ0n) is 9.21. The monoisotopic (exact) mass is 202 g/mol. The predicted octanol–water partition coefficient (Wildman–Crippen LogP) is 1.39. The van der Waals surface area contributed by atoms with Crippen LogP contribution in [0.1, 0.15) is 26.7 Å². The van der Waals surface area contributed by atoms with E-state index in [1.807, 2.05) is 0 Å². The first-order valence-corrected chi connectivity index (χ1v) is 5.11. The van der Waals surface area contributed by atoms with E-state index < -0.39 is 0 Å². The molecule has 0 spiro atoms. The minimum atomic E-state index is 0.227. The molecule has 0 amide bonds. The van der Waals surface area contributed by atoms with Gasteiger partial charge in [0.25, 0.3) is 0 Å². The maximum absolute atomic E-state index is 6.99. The van der Waals surface area contributed by atoms with Crippen molar-refractivity contribution < 1.29 is 9.47 Å². The van der Waals surface area contributed by atoms with Crippen LogP contribution in [0.15, 0.2) is 0 Å². The van der Waals surface area contributed by atoms with E-state index in [-0.39, 0.29) is 5.84 Å². The fourth-order valence-corrected chi connectivity index (χ4v) is 0.904. The number of amidine groups is 1. The zero-order chi connectivity index (χ0) is 10.8. The van der Waals surface area contributed by atoms with Crippen molar-refractivity contribution in [3.05, 3.63) is 0 Å². The normalized spacial score (nSPS) is 10.8. The Bertz CT molecular complexity index is 149. The van der Waals surface area contributed by atoms with Crippen LogP contribution in [-0.2, 0) is 9.47 Å². The first kappa shape index (κ1) is 13.4. The van der Waals surface area contributed by atoms with Gasteiger partial charge in [-0.15, -0.1) is 0 Å². The molecule has 4 heteroatoms. The molecule has 4 nitrogen and oxygen atoms in total. The maximum Gasteiger partial charge on any atom is 0.0906 e. The Balaban J connectivity index is 2.96. The van der Waals surface area contributed by atoms with Crippen molar-refractivity contribution in [2.24, 2.45) is 11.7 Å². The van der Waals surface area contributed by atoms with E-state index in [2.05, 4.69) is 13.8 Å². The first-order chi connectivity index (χ1) is 6.63. The van der Waals surface area contributed by atoms with E-state index in [4.69, 9.17) is 20.6 Å². The molecule has 14 heavy (non-hydrogen) atoms. The van der Waals surface area contributed by atoms with Gasteiger partial charge in [-0.3, -0.25) is 5.41 Å². The van der Waals surface area contributed by atoms with Crippen molar-refractivity contribution in [2.75, 3.05) is 26.4 Å². The molecule has 0 fully saturated rings. The third kappa shape index (κ3) is 11.4. The number of hydrogen-bond acceptors (Lipinski definition) is 3. The summed E-state index contributed by atoms with van der Waals surface area (Å²) in [5.41, 5.74) is 5.19. The van der Waals surface area contributed by atoms with Gasteiger partial charge in [-0.25, -0.2) is 0 Å². The third-order valence-electron chi connectivity index (χ3n) is 1.56. The summed E-state index contributed by atoms with van der Waals surface area (Å²) in [6.07, 6.45) is 1.44. The van der Waals surface area contributed by atoms with Gasteiger partial charge in [0.15, 0.2) is 0 Å². The largest absolute Gasteiger partial charge is 0.388 e. The molecule has 0 unspecified atom stereocenters. The van der Waals surface area contributed by atoms with Crippen LogP contribution >= 0.6 is 0 Å². The van der Waals surface area contributed by atoms with Crippen LogP contribution in [0, 0.1) is 11.3 Å². The van der Waals surface area contributed by atoms with E-state index in [0.717, 1.165) is 13.0 Å². The number of ether oxygens (including phenoxy) is 2. The fraction of sp³-hybridized carbons (Fsp3) is 0.900. The van der Waals surface area contributed by atoms with Gasteiger partial charge in [0, 0.05) is 19.6 Å². The molecule has 84 valence electrons. The molecular weight excluding hydrogens is 180 g/mol. The smallest absolute Gasteiger partial charge is 0.0906 e. The Morgan fingerprint density at radius 3 is 2.43 bits per heavy atom. The molecule has 3 N–H and O–H groups in total. The van der Waals surface area contributed by atoms with Gasteiger partial charge in [-0.1, -0.05) is 13.8 Å².